The van der Waals surface area contributed by atoms with E-state index in [1.165, 1.54) is 10.6 Å². The quantitative estimate of drug-likeness (QED) is 0.468. The van der Waals surface area contributed by atoms with Crippen LogP contribution < -0.4 is 5.90 Å². The summed E-state index contributed by atoms with van der Waals surface area (Å²) in [6.07, 6.45) is 0. The molecule has 4 heteroatoms. The number of hydrogen-bond donors (Lipinski definition) is 2. The van der Waals surface area contributed by atoms with Crippen molar-refractivity contribution in [1.82, 2.24) is 0 Å². The van der Waals surface area contributed by atoms with Gasteiger partial charge in [0.25, 0.3) is 0 Å². The van der Waals surface area contributed by atoms with Crippen LogP contribution in [0.2, 0.25) is 10.6 Å². The lowest BCUT2D eigenvalue weighted by atomic mass is 10.9. The summed E-state index contributed by atoms with van der Waals surface area (Å²) in [7, 11) is 5.79. The number of halogens is 1. The molecule has 0 aromatic heterocycles. The minimum absolute atomic E-state index is 0.688. The molecule has 0 aliphatic heterocycles. The second-order valence-corrected chi connectivity index (χ2v) is 6.09. The van der Waals surface area contributed by atoms with Crippen molar-refractivity contribution < 1.29 is 5.21 Å². The van der Waals surface area contributed by atoms with E-state index in [0.717, 1.165) is 0 Å². The molecule has 0 radical (unpaired) electrons. The van der Waals surface area contributed by atoms with Gasteiger partial charge in [-0.15, -0.1) is 0 Å². The average molecular weight is 154 g/mol. The van der Waals surface area contributed by atoms with Gasteiger partial charge in [0.2, 0.25) is 0 Å². The SMILES string of the molecule is C[CH2][Al]([Cl])[CH2]C.NO. The first-order chi connectivity index (χ1) is 3.81. The van der Waals surface area contributed by atoms with E-state index in [1.807, 2.05) is 0 Å². The van der Waals surface area contributed by atoms with Crippen molar-refractivity contribution in [3.05, 3.63) is 0 Å². The molecule has 3 N–H and O–H groups in total. The molecule has 0 rings (SSSR count). The summed E-state index contributed by atoms with van der Waals surface area (Å²) in [4.78, 5) is 0. The standard InChI is InChI=1S/2C2H5.Al.ClH.H3NO/c2*1-2;;;1-2/h2*1H2,2H3;;1H;2H,1H2/q;;+1;;/p-1. The van der Waals surface area contributed by atoms with Gasteiger partial charge in [0.05, 0.1) is 0 Å². The van der Waals surface area contributed by atoms with Crippen LogP contribution in [0.4, 0.5) is 0 Å². The van der Waals surface area contributed by atoms with Crippen molar-refractivity contribution in [1.29, 1.82) is 0 Å². The van der Waals surface area contributed by atoms with Gasteiger partial charge < -0.3 is 5.21 Å². The van der Waals surface area contributed by atoms with Crippen LogP contribution in [0.25, 0.3) is 0 Å². The van der Waals surface area contributed by atoms with Gasteiger partial charge in [0.1, 0.15) is 0 Å². The van der Waals surface area contributed by atoms with Gasteiger partial charge in [0.15, 0.2) is 0 Å². The molecule has 0 aromatic carbocycles. The molecule has 0 amide bonds. The molecule has 0 unspecified atom stereocenters. The fraction of sp³-hybridized carbons (Fsp3) is 1.00. The molecule has 0 aromatic rings. The lowest BCUT2D eigenvalue weighted by Crippen LogP contribution is -1.95. The Balaban J connectivity index is 0. The maximum absolute atomic E-state index is 6.50. The summed E-state index contributed by atoms with van der Waals surface area (Å²) >= 11 is -0.688. The summed E-state index contributed by atoms with van der Waals surface area (Å²) in [5, 5.41) is 8.97. The molecule has 0 saturated heterocycles. The Kier molecular flexibility index (Phi) is 15.4. The molecule has 0 bridgehead atoms. The van der Waals surface area contributed by atoms with E-state index in [4.69, 9.17) is 15.3 Å². The zero-order chi connectivity index (χ0) is 6.99. The van der Waals surface area contributed by atoms with Crippen LogP contribution >= 0.6 is 10.0 Å². The Morgan fingerprint density at radius 3 is 1.62 bits per heavy atom. The lowest BCUT2D eigenvalue weighted by Gasteiger charge is -1.86. The first kappa shape index (κ1) is 11.5. The van der Waals surface area contributed by atoms with Gasteiger partial charge in [-0.2, -0.15) is 0 Å². The smallest absolute Gasteiger partial charge is 0.320 e. The van der Waals surface area contributed by atoms with Gasteiger partial charge >= 0.3 is 13.2 Å². The minimum atomic E-state index is -0.688. The van der Waals surface area contributed by atoms with Crippen molar-refractivity contribution in [3.63, 3.8) is 0 Å². The zero-order valence-corrected chi connectivity index (χ0v) is 7.30. The molecule has 0 spiro atoms. The predicted octanol–water partition coefficient (Wildman–Crippen LogP) is 1.59. The average Bonchev–Trinajstić information content (AvgIpc) is 1.91. The van der Waals surface area contributed by atoms with Gasteiger partial charge in [0, 0.05) is 0 Å². The Morgan fingerprint density at radius 1 is 1.38 bits per heavy atom. The van der Waals surface area contributed by atoms with Crippen molar-refractivity contribution >= 4 is 23.3 Å². The minimum Gasteiger partial charge on any atom is -0.320 e. The number of nitrogens with two attached hydrogens (primary N) is 1. The van der Waals surface area contributed by atoms with E-state index in [2.05, 4.69) is 19.7 Å². The third kappa shape index (κ3) is 9.89. The highest BCUT2D eigenvalue weighted by Crippen LogP contribution is 2.00. The van der Waals surface area contributed by atoms with Gasteiger partial charge in [-0.3, -0.25) is 10.0 Å². The molecule has 0 saturated carbocycles. The van der Waals surface area contributed by atoms with E-state index < -0.39 is 13.2 Å². The third-order valence-electron chi connectivity index (χ3n) is 0.886. The van der Waals surface area contributed by atoms with E-state index in [0.29, 0.717) is 0 Å². The highest BCUT2D eigenvalue weighted by atomic mass is 35.6. The Morgan fingerprint density at radius 2 is 1.62 bits per heavy atom. The molecule has 2 nitrogen and oxygen atoms in total. The third-order valence-corrected chi connectivity index (χ3v) is 4.51. The molecule has 0 aliphatic rings. The van der Waals surface area contributed by atoms with E-state index in [-0.39, 0.29) is 0 Å². The number of rotatable bonds is 2. The second kappa shape index (κ2) is 10.7. The first-order valence-corrected chi connectivity index (χ1v) is 6.09. The molecule has 0 aliphatic carbocycles. The fourth-order valence-electron chi connectivity index (χ4n) is 0.289. The van der Waals surface area contributed by atoms with Crippen LogP contribution in [0.1, 0.15) is 13.8 Å². The molecule has 0 heterocycles. The molecular formula is C4H13AlClNO. The summed E-state index contributed by atoms with van der Waals surface area (Å²) in [5.41, 5.74) is 0. The lowest BCUT2D eigenvalue weighted by molar-refractivity contribution is 0.311. The van der Waals surface area contributed by atoms with Crippen LogP contribution in [-0.4, -0.2) is 18.4 Å². The molecule has 50 valence electrons. The molecular weight excluding hydrogens is 140 g/mol. The maximum Gasteiger partial charge on any atom is 0.399 e. The summed E-state index contributed by atoms with van der Waals surface area (Å²) in [6, 6.07) is 0. The van der Waals surface area contributed by atoms with E-state index >= 15 is 0 Å². The molecule has 0 fully saturated rings. The van der Waals surface area contributed by atoms with Gasteiger partial charge in [-0.05, 0) is 0 Å². The maximum atomic E-state index is 6.50. The summed E-state index contributed by atoms with van der Waals surface area (Å²) < 4.78 is 0. The Labute approximate surface area is 59.2 Å². The monoisotopic (exact) mass is 153 g/mol. The van der Waals surface area contributed by atoms with Crippen molar-refractivity contribution in [2.75, 3.05) is 0 Å². The Hall–Kier alpha value is 0.742. The number of hydrogen-bond acceptors (Lipinski definition) is 2. The van der Waals surface area contributed by atoms with E-state index in [9.17, 15) is 0 Å². The molecule has 0 atom stereocenters. The highest BCUT2D eigenvalue weighted by molar-refractivity contribution is 7.06. The van der Waals surface area contributed by atoms with Crippen LogP contribution in [-0.2, 0) is 0 Å². The highest BCUT2D eigenvalue weighted by Gasteiger charge is 2.04. The predicted molar refractivity (Wildman–Crippen MR) is 38.5 cm³/mol. The largest absolute Gasteiger partial charge is 0.399 e. The van der Waals surface area contributed by atoms with Crippen LogP contribution in [0.15, 0.2) is 0 Å². The van der Waals surface area contributed by atoms with Crippen LogP contribution in [0, 0.1) is 0 Å². The van der Waals surface area contributed by atoms with Crippen molar-refractivity contribution in [3.8, 4) is 0 Å². The fourth-order valence-corrected chi connectivity index (χ4v) is 0.866. The second-order valence-electron chi connectivity index (χ2n) is 1.41. The normalized spacial score (nSPS) is 7.12. The summed E-state index contributed by atoms with van der Waals surface area (Å²) in [5.74, 6) is 3.50. The topological polar surface area (TPSA) is 46.2 Å². The van der Waals surface area contributed by atoms with Crippen LogP contribution in [0.3, 0.4) is 0 Å². The Bertz CT molecular complexity index is 35.2. The van der Waals surface area contributed by atoms with Crippen molar-refractivity contribution in [2.24, 2.45) is 5.90 Å². The van der Waals surface area contributed by atoms with Gasteiger partial charge in [-0.1, -0.05) is 24.4 Å². The molecule has 8 heavy (non-hydrogen) atoms. The van der Waals surface area contributed by atoms with Crippen molar-refractivity contribution in [2.45, 2.75) is 24.4 Å². The summed E-state index contributed by atoms with van der Waals surface area (Å²) in [6.45, 7) is 4.32. The first-order valence-electron chi connectivity index (χ1n) is 2.71. The zero-order valence-electron chi connectivity index (χ0n) is 5.39. The van der Waals surface area contributed by atoms with Gasteiger partial charge in [-0.25, -0.2) is 5.90 Å². The van der Waals surface area contributed by atoms with E-state index in [1.54, 1.807) is 0 Å². The van der Waals surface area contributed by atoms with Crippen LogP contribution in [0.5, 0.6) is 0 Å².